The van der Waals surface area contributed by atoms with Crippen LogP contribution < -0.4 is 0 Å². The van der Waals surface area contributed by atoms with Gasteiger partial charge in [-0.1, -0.05) is 6.92 Å². The predicted molar refractivity (Wildman–Crippen MR) is 130 cm³/mol. The maximum Gasteiger partial charge on any atom is 0.159 e. The highest BCUT2D eigenvalue weighted by Gasteiger charge is 2.59. The van der Waals surface area contributed by atoms with Crippen LogP contribution in [0.15, 0.2) is 18.2 Å². The summed E-state index contributed by atoms with van der Waals surface area (Å²) in [5.74, 6) is 3.31. The van der Waals surface area contributed by atoms with Crippen LogP contribution in [-0.4, -0.2) is 45.2 Å². The number of Topliss-reactive ketones (excluding diaryl/α,β-unsaturated/α-hetero) is 1. The fourth-order valence-corrected chi connectivity index (χ4v) is 9.14. The highest BCUT2D eigenvalue weighted by Crippen LogP contribution is 2.64. The molecule has 4 aliphatic rings. The SMILES string of the molecule is COC[C@@]1(O)CC[C@H]2[C@@H](CC[C@@H]3[C@@H]2CC[C@]2(C)[C@@H](C(=O)Cn4nc5ccc(F)cc5n4)CC[C@@H]32)C1. The van der Waals surface area contributed by atoms with Gasteiger partial charge in [0.1, 0.15) is 23.4 Å². The number of hydrogen-bond acceptors (Lipinski definition) is 5. The van der Waals surface area contributed by atoms with Crippen molar-refractivity contribution < 1.29 is 19.0 Å². The summed E-state index contributed by atoms with van der Waals surface area (Å²) in [4.78, 5) is 15.0. The van der Waals surface area contributed by atoms with E-state index >= 15 is 0 Å². The van der Waals surface area contributed by atoms with Gasteiger partial charge in [0, 0.05) is 19.1 Å². The zero-order valence-corrected chi connectivity index (χ0v) is 21.0. The molecule has 0 saturated heterocycles. The molecule has 1 aromatic heterocycles. The quantitative estimate of drug-likeness (QED) is 0.662. The molecule has 0 bridgehead atoms. The minimum Gasteiger partial charge on any atom is -0.387 e. The molecule has 35 heavy (non-hydrogen) atoms. The third kappa shape index (κ3) is 3.93. The molecule has 2 aromatic rings. The lowest BCUT2D eigenvalue weighted by Gasteiger charge is -2.57. The number of fused-ring (bicyclic) bond motifs is 6. The van der Waals surface area contributed by atoms with E-state index in [0.717, 1.165) is 44.4 Å². The van der Waals surface area contributed by atoms with Gasteiger partial charge < -0.3 is 9.84 Å². The Morgan fingerprint density at radius 1 is 1.09 bits per heavy atom. The fourth-order valence-electron chi connectivity index (χ4n) is 9.14. The molecule has 190 valence electrons. The molecule has 0 spiro atoms. The Hall–Kier alpha value is -1.86. The minimum atomic E-state index is -0.645. The van der Waals surface area contributed by atoms with Crippen LogP contribution in [0.25, 0.3) is 11.0 Å². The molecule has 6 rings (SSSR count). The van der Waals surface area contributed by atoms with Gasteiger partial charge in [-0.2, -0.15) is 15.0 Å². The average molecular weight is 484 g/mol. The Labute approximate surface area is 206 Å². The number of ether oxygens (including phenoxy) is 1. The van der Waals surface area contributed by atoms with Crippen LogP contribution in [0.4, 0.5) is 4.39 Å². The number of benzene rings is 1. The van der Waals surface area contributed by atoms with Crippen LogP contribution >= 0.6 is 0 Å². The molecule has 4 aliphatic carbocycles. The van der Waals surface area contributed by atoms with E-state index in [1.54, 1.807) is 13.2 Å². The Bertz CT molecular complexity index is 1120. The van der Waals surface area contributed by atoms with Gasteiger partial charge in [0.25, 0.3) is 0 Å². The van der Waals surface area contributed by atoms with Crippen molar-refractivity contribution in [2.24, 2.45) is 40.9 Å². The van der Waals surface area contributed by atoms with Crippen LogP contribution in [0, 0.1) is 46.7 Å². The monoisotopic (exact) mass is 483 g/mol. The maximum atomic E-state index is 13.5. The summed E-state index contributed by atoms with van der Waals surface area (Å²) < 4.78 is 18.9. The van der Waals surface area contributed by atoms with Gasteiger partial charge in [-0.3, -0.25) is 4.79 Å². The van der Waals surface area contributed by atoms with Gasteiger partial charge in [-0.05, 0) is 105 Å². The topological polar surface area (TPSA) is 77.2 Å². The minimum absolute atomic E-state index is 0.0508. The number of rotatable bonds is 5. The van der Waals surface area contributed by atoms with Crippen molar-refractivity contribution in [3.63, 3.8) is 0 Å². The van der Waals surface area contributed by atoms with Crippen molar-refractivity contribution in [2.45, 2.75) is 76.9 Å². The third-order valence-electron chi connectivity index (χ3n) is 10.6. The van der Waals surface area contributed by atoms with Crippen molar-refractivity contribution in [3.8, 4) is 0 Å². The van der Waals surface area contributed by atoms with Crippen LogP contribution in [0.3, 0.4) is 0 Å². The smallest absolute Gasteiger partial charge is 0.159 e. The van der Waals surface area contributed by atoms with Gasteiger partial charge in [0.05, 0.1) is 12.2 Å². The zero-order valence-electron chi connectivity index (χ0n) is 21.0. The van der Waals surface area contributed by atoms with Gasteiger partial charge in [0.2, 0.25) is 0 Å². The highest BCUT2D eigenvalue weighted by atomic mass is 19.1. The number of hydrogen-bond donors (Lipinski definition) is 1. The molecule has 0 unspecified atom stereocenters. The molecule has 0 radical (unpaired) electrons. The van der Waals surface area contributed by atoms with Crippen molar-refractivity contribution in [2.75, 3.05) is 13.7 Å². The normalized spacial score (nSPS) is 40.8. The lowest BCUT2D eigenvalue weighted by Crippen LogP contribution is -2.52. The summed E-state index contributed by atoms with van der Waals surface area (Å²) in [5, 5.41) is 19.8. The molecular formula is C28H38FN3O3. The molecule has 4 fully saturated rings. The van der Waals surface area contributed by atoms with Crippen molar-refractivity contribution in [1.82, 2.24) is 15.0 Å². The van der Waals surface area contributed by atoms with E-state index in [-0.39, 0.29) is 29.5 Å². The lowest BCUT2D eigenvalue weighted by molar-refractivity contribution is -0.137. The van der Waals surface area contributed by atoms with Gasteiger partial charge >= 0.3 is 0 Å². The standard InChI is InChI=1S/C28H38FN3O3/c1-27-11-9-20-19-10-12-28(34,16-35-2)14-17(19)3-5-21(20)22(27)6-7-23(27)26(33)15-32-30-24-8-4-18(29)13-25(24)31-32/h4,8,13,17,19-23,34H,3,5-7,9-12,14-16H2,1-2H3/t17-,19-,20+,21+,22-,23+,27-,28+/m0/s1. The highest BCUT2D eigenvalue weighted by molar-refractivity contribution is 5.82. The Balaban J connectivity index is 1.16. The van der Waals surface area contributed by atoms with E-state index in [2.05, 4.69) is 17.1 Å². The summed E-state index contributed by atoms with van der Waals surface area (Å²) in [6.07, 6.45) is 9.68. The zero-order chi connectivity index (χ0) is 24.4. The number of carbonyl (C=O) groups excluding carboxylic acids is 1. The van der Waals surface area contributed by atoms with E-state index in [4.69, 9.17) is 4.74 Å². The van der Waals surface area contributed by atoms with Crippen LogP contribution in [0.5, 0.6) is 0 Å². The third-order valence-corrected chi connectivity index (χ3v) is 10.6. The van der Waals surface area contributed by atoms with Gasteiger partial charge in [-0.15, -0.1) is 0 Å². The molecular weight excluding hydrogens is 445 g/mol. The summed E-state index contributed by atoms with van der Waals surface area (Å²) in [5.41, 5.74) is 0.524. The number of carbonyl (C=O) groups is 1. The molecule has 8 atom stereocenters. The van der Waals surface area contributed by atoms with Crippen molar-refractivity contribution in [3.05, 3.63) is 24.0 Å². The van der Waals surface area contributed by atoms with E-state index in [0.29, 0.717) is 41.3 Å². The number of methoxy groups -OCH3 is 1. The van der Waals surface area contributed by atoms with Crippen molar-refractivity contribution >= 4 is 16.8 Å². The summed E-state index contributed by atoms with van der Waals surface area (Å²) in [6.45, 7) is 2.99. The largest absolute Gasteiger partial charge is 0.387 e. The summed E-state index contributed by atoms with van der Waals surface area (Å²) in [6, 6.07) is 4.36. The van der Waals surface area contributed by atoms with Crippen molar-refractivity contribution in [1.29, 1.82) is 0 Å². The second-order valence-corrected chi connectivity index (χ2v) is 12.3. The predicted octanol–water partition coefficient (Wildman–Crippen LogP) is 4.79. The van der Waals surface area contributed by atoms with Gasteiger partial charge in [-0.25, -0.2) is 4.39 Å². The average Bonchev–Trinajstić information content (AvgIpc) is 3.38. The van der Waals surface area contributed by atoms with E-state index < -0.39 is 5.60 Å². The Morgan fingerprint density at radius 3 is 2.71 bits per heavy atom. The number of aromatic nitrogens is 3. The second kappa shape index (κ2) is 8.62. The molecule has 7 heteroatoms. The summed E-state index contributed by atoms with van der Waals surface area (Å²) >= 11 is 0. The molecule has 0 aliphatic heterocycles. The first kappa shape index (κ1) is 23.5. The van der Waals surface area contributed by atoms with Crippen LogP contribution in [0.2, 0.25) is 0 Å². The number of aliphatic hydroxyl groups is 1. The molecule has 0 amide bonds. The first-order chi connectivity index (χ1) is 16.8. The van der Waals surface area contributed by atoms with Gasteiger partial charge in [0.15, 0.2) is 5.78 Å². The van der Waals surface area contributed by atoms with Crippen LogP contribution in [-0.2, 0) is 16.1 Å². The van der Waals surface area contributed by atoms with E-state index in [9.17, 15) is 14.3 Å². The molecule has 4 saturated carbocycles. The second-order valence-electron chi connectivity index (χ2n) is 12.3. The fraction of sp³-hybridized carbons (Fsp3) is 0.750. The molecule has 6 nitrogen and oxygen atoms in total. The molecule has 1 heterocycles. The lowest BCUT2D eigenvalue weighted by atomic mass is 9.49. The van der Waals surface area contributed by atoms with E-state index in [1.807, 2.05) is 0 Å². The summed E-state index contributed by atoms with van der Waals surface area (Å²) in [7, 11) is 1.69. The van der Waals surface area contributed by atoms with E-state index in [1.165, 1.54) is 36.2 Å². The first-order valence-corrected chi connectivity index (χ1v) is 13.5. The van der Waals surface area contributed by atoms with Crippen LogP contribution in [0.1, 0.15) is 64.7 Å². The molecule has 1 N–H and O–H groups in total. The maximum absolute atomic E-state index is 13.5. The number of ketones is 1. The number of halogens is 1. The number of nitrogens with zero attached hydrogens (tertiary/aromatic N) is 3. The molecule has 1 aromatic carbocycles. The Kier molecular flexibility index (Phi) is 5.79. The first-order valence-electron chi connectivity index (χ1n) is 13.5. The Morgan fingerprint density at radius 2 is 1.89 bits per heavy atom.